The fourth-order valence-electron chi connectivity index (χ4n) is 4.33. The van der Waals surface area contributed by atoms with Gasteiger partial charge in [-0.3, -0.25) is 9.78 Å². The molecule has 5 rings (SSSR count). The Bertz CT molecular complexity index is 1290. The van der Waals surface area contributed by atoms with E-state index in [0.717, 1.165) is 24.6 Å². The van der Waals surface area contributed by atoms with Gasteiger partial charge < -0.3 is 25.0 Å². The monoisotopic (exact) mass is 475 g/mol. The summed E-state index contributed by atoms with van der Waals surface area (Å²) in [5.74, 6) is 0.607. The van der Waals surface area contributed by atoms with Crippen LogP contribution in [-0.2, 0) is 9.53 Å². The number of nitrogens with one attached hydrogen (secondary N) is 2. The smallest absolute Gasteiger partial charge is 0.258 e. The second kappa shape index (κ2) is 9.71. The van der Waals surface area contributed by atoms with Crippen LogP contribution >= 0.6 is 0 Å². The van der Waals surface area contributed by atoms with Crippen LogP contribution in [0.2, 0.25) is 0 Å². The predicted octanol–water partition coefficient (Wildman–Crippen LogP) is 4.31. The Labute approximate surface area is 202 Å². The van der Waals surface area contributed by atoms with Crippen LogP contribution in [0.5, 0.6) is 5.75 Å². The number of anilines is 3. The summed E-state index contributed by atoms with van der Waals surface area (Å²) >= 11 is 0. The summed E-state index contributed by atoms with van der Waals surface area (Å²) in [4.78, 5) is 24.0. The highest BCUT2D eigenvalue weighted by Gasteiger charge is 2.28. The van der Waals surface area contributed by atoms with Crippen LogP contribution < -0.4 is 20.3 Å². The quantitative estimate of drug-likeness (QED) is 0.514. The third kappa shape index (κ3) is 4.54. The first-order valence-electron chi connectivity index (χ1n) is 11.5. The van der Waals surface area contributed by atoms with Crippen molar-refractivity contribution in [1.29, 1.82) is 0 Å². The molecule has 0 radical (unpaired) electrons. The zero-order valence-corrected chi connectivity index (χ0v) is 19.6. The zero-order chi connectivity index (χ0) is 24.4. The van der Waals surface area contributed by atoms with Gasteiger partial charge in [-0.25, -0.2) is 9.37 Å². The second-order valence-corrected chi connectivity index (χ2v) is 8.24. The van der Waals surface area contributed by atoms with Gasteiger partial charge in [0.15, 0.2) is 0 Å². The third-order valence-electron chi connectivity index (χ3n) is 5.97. The van der Waals surface area contributed by atoms with Gasteiger partial charge >= 0.3 is 0 Å². The van der Waals surface area contributed by atoms with Gasteiger partial charge in [0.25, 0.3) is 5.91 Å². The summed E-state index contributed by atoms with van der Waals surface area (Å²) in [6, 6.07) is 10.3. The number of carbonyl (C=O) groups is 1. The van der Waals surface area contributed by atoms with Crippen LogP contribution in [-0.4, -0.2) is 48.8 Å². The molecule has 2 aliphatic heterocycles. The number of rotatable bonds is 6. The molecule has 2 aliphatic rings. The van der Waals surface area contributed by atoms with E-state index >= 15 is 0 Å². The molecule has 9 heteroatoms. The first-order valence-corrected chi connectivity index (χ1v) is 11.5. The summed E-state index contributed by atoms with van der Waals surface area (Å²) in [6.45, 7) is 7.06. The largest absolute Gasteiger partial charge is 0.493 e. The van der Waals surface area contributed by atoms with Gasteiger partial charge in [0.2, 0.25) is 0 Å². The summed E-state index contributed by atoms with van der Waals surface area (Å²) in [5, 5.41) is 6.12. The molecule has 35 heavy (non-hydrogen) atoms. The highest BCUT2D eigenvalue weighted by Crippen LogP contribution is 2.38. The summed E-state index contributed by atoms with van der Waals surface area (Å²) < 4.78 is 25.8. The van der Waals surface area contributed by atoms with E-state index in [2.05, 4.69) is 25.5 Å². The highest BCUT2D eigenvalue weighted by molar-refractivity contribution is 6.32. The number of carbonyl (C=O) groups excluding carboxylic acids is 1. The second-order valence-electron chi connectivity index (χ2n) is 8.24. The van der Waals surface area contributed by atoms with Crippen molar-refractivity contribution in [3.63, 3.8) is 0 Å². The van der Waals surface area contributed by atoms with E-state index in [1.807, 2.05) is 26.0 Å². The van der Waals surface area contributed by atoms with Gasteiger partial charge in [-0.2, -0.15) is 0 Å². The van der Waals surface area contributed by atoms with Gasteiger partial charge in [0.05, 0.1) is 60.4 Å². The Kier molecular flexibility index (Phi) is 6.33. The molecular formula is C26H26FN5O3. The van der Waals surface area contributed by atoms with E-state index in [9.17, 15) is 9.18 Å². The number of allylic oxidation sites excluding steroid dienone is 1. The van der Waals surface area contributed by atoms with E-state index < -0.39 is 5.82 Å². The van der Waals surface area contributed by atoms with Crippen LogP contribution in [0.1, 0.15) is 19.4 Å². The number of hydrogen-bond donors (Lipinski definition) is 2. The lowest BCUT2D eigenvalue weighted by Crippen LogP contribution is -2.36. The molecule has 1 amide bonds. The van der Waals surface area contributed by atoms with Crippen LogP contribution in [0.4, 0.5) is 21.6 Å². The first-order chi connectivity index (χ1) is 17.0. The lowest BCUT2D eigenvalue weighted by Gasteiger charge is -2.27. The van der Waals surface area contributed by atoms with Crippen LogP contribution in [0.3, 0.4) is 0 Å². The first kappa shape index (κ1) is 22.8. The third-order valence-corrected chi connectivity index (χ3v) is 5.97. The number of aromatic nitrogens is 2. The highest BCUT2D eigenvalue weighted by atomic mass is 19.1. The van der Waals surface area contributed by atoms with Crippen LogP contribution in [0.15, 0.2) is 54.5 Å². The fourth-order valence-corrected chi connectivity index (χ4v) is 4.33. The molecule has 3 aromatic rings. The molecule has 2 aromatic heterocycles. The normalized spacial score (nSPS) is 16.5. The SMILES string of the molecule is CCOc1cccc(F)c1-c1cc2c(cn1)NC(=O)/C2=C(/C)Nc1ccc(N2CCOCC2)nc1. The Hall–Kier alpha value is -3.98. The van der Waals surface area contributed by atoms with Crippen molar-refractivity contribution in [2.45, 2.75) is 13.8 Å². The van der Waals surface area contributed by atoms with E-state index in [1.165, 1.54) is 6.07 Å². The number of hydrogen-bond acceptors (Lipinski definition) is 7. The molecule has 1 fully saturated rings. The molecule has 2 N–H and O–H groups in total. The zero-order valence-electron chi connectivity index (χ0n) is 19.6. The summed E-state index contributed by atoms with van der Waals surface area (Å²) in [5.41, 5.74) is 3.76. The number of morpholine rings is 1. The van der Waals surface area contributed by atoms with Crippen LogP contribution in [0.25, 0.3) is 16.8 Å². The molecular weight excluding hydrogens is 449 g/mol. The molecule has 0 spiro atoms. The number of ether oxygens (including phenoxy) is 2. The molecule has 0 aliphatic carbocycles. The Morgan fingerprint density at radius 1 is 1.20 bits per heavy atom. The van der Waals surface area contributed by atoms with Gasteiger partial charge in [0, 0.05) is 24.4 Å². The Morgan fingerprint density at radius 3 is 2.77 bits per heavy atom. The van der Waals surface area contributed by atoms with E-state index in [0.29, 0.717) is 53.8 Å². The molecule has 0 saturated carbocycles. The maximum atomic E-state index is 14.8. The molecule has 0 bridgehead atoms. The molecule has 8 nitrogen and oxygen atoms in total. The van der Waals surface area contributed by atoms with Crippen LogP contribution in [0, 0.1) is 5.82 Å². The minimum absolute atomic E-state index is 0.250. The lowest BCUT2D eigenvalue weighted by atomic mass is 10.0. The van der Waals surface area contributed by atoms with Crippen molar-refractivity contribution in [3.8, 4) is 17.0 Å². The van der Waals surface area contributed by atoms with Crippen molar-refractivity contribution in [2.75, 3.05) is 48.4 Å². The predicted molar refractivity (Wildman–Crippen MR) is 133 cm³/mol. The number of nitrogens with zero attached hydrogens (tertiary/aromatic N) is 3. The van der Waals surface area contributed by atoms with Gasteiger partial charge in [-0.1, -0.05) is 6.07 Å². The molecule has 1 aromatic carbocycles. The van der Waals surface area contributed by atoms with Gasteiger partial charge in [-0.05, 0) is 44.2 Å². The average Bonchev–Trinajstić information content (AvgIpc) is 3.20. The number of benzene rings is 1. The number of fused-ring (bicyclic) bond motifs is 1. The van der Waals surface area contributed by atoms with E-state index in [-0.39, 0.29) is 11.5 Å². The number of amides is 1. The number of halogens is 1. The Morgan fingerprint density at radius 2 is 2.03 bits per heavy atom. The minimum atomic E-state index is -0.438. The lowest BCUT2D eigenvalue weighted by molar-refractivity contribution is -0.110. The minimum Gasteiger partial charge on any atom is -0.493 e. The molecule has 0 atom stereocenters. The average molecular weight is 476 g/mol. The van der Waals surface area contributed by atoms with Crippen molar-refractivity contribution in [3.05, 3.63) is 65.9 Å². The Balaban J connectivity index is 1.45. The van der Waals surface area contributed by atoms with Crippen molar-refractivity contribution >= 4 is 28.7 Å². The van der Waals surface area contributed by atoms with Crippen molar-refractivity contribution in [2.24, 2.45) is 0 Å². The summed E-state index contributed by atoms with van der Waals surface area (Å²) in [7, 11) is 0. The van der Waals surface area contributed by atoms with E-state index in [1.54, 1.807) is 30.6 Å². The fraction of sp³-hybridized carbons (Fsp3) is 0.269. The standard InChI is InChI=1S/C26H26FN5O3/c1-3-35-22-6-4-5-19(27)25(22)20-13-18-21(15-28-20)31-26(33)24(18)16(2)30-17-7-8-23(29-14-17)32-9-11-34-12-10-32/h4-8,13-15,30H,3,9-12H2,1-2H3,(H,31,33)/b24-16-. The van der Waals surface area contributed by atoms with E-state index in [4.69, 9.17) is 9.47 Å². The molecule has 4 heterocycles. The molecule has 1 saturated heterocycles. The topological polar surface area (TPSA) is 88.6 Å². The van der Waals surface area contributed by atoms with Gasteiger partial charge in [0.1, 0.15) is 17.4 Å². The van der Waals surface area contributed by atoms with Crippen molar-refractivity contribution < 1.29 is 18.7 Å². The summed E-state index contributed by atoms with van der Waals surface area (Å²) in [6.07, 6.45) is 3.29. The number of pyridine rings is 2. The molecule has 180 valence electrons. The maximum absolute atomic E-state index is 14.8. The maximum Gasteiger partial charge on any atom is 0.258 e. The molecule has 0 unspecified atom stereocenters. The van der Waals surface area contributed by atoms with Crippen molar-refractivity contribution in [1.82, 2.24) is 9.97 Å². The van der Waals surface area contributed by atoms with Gasteiger partial charge in [-0.15, -0.1) is 0 Å².